The molecular formula is C14H22N2O2S. The Morgan fingerprint density at radius 3 is 2.68 bits per heavy atom. The first-order valence-electron chi connectivity index (χ1n) is 6.29. The molecule has 19 heavy (non-hydrogen) atoms. The summed E-state index contributed by atoms with van der Waals surface area (Å²) in [4.78, 5) is 16.7. The SMILES string of the molecule is CN(C)CCCN(C)C(=O)C=Cc1cc(CO)cs1. The fraction of sp³-hybridized carbons (Fsp3) is 0.500. The number of aliphatic hydroxyl groups excluding tert-OH is 1. The second kappa shape index (κ2) is 8.09. The fourth-order valence-electron chi connectivity index (χ4n) is 1.58. The highest BCUT2D eigenvalue weighted by atomic mass is 32.1. The lowest BCUT2D eigenvalue weighted by atomic mass is 10.3. The molecule has 1 aromatic heterocycles. The van der Waals surface area contributed by atoms with Crippen molar-refractivity contribution in [3.8, 4) is 0 Å². The van der Waals surface area contributed by atoms with Gasteiger partial charge in [0.15, 0.2) is 0 Å². The number of likely N-dealkylation sites (N-methyl/N-ethyl adjacent to an activating group) is 1. The first kappa shape index (κ1) is 15.9. The summed E-state index contributed by atoms with van der Waals surface area (Å²) in [6, 6.07) is 1.89. The van der Waals surface area contributed by atoms with Crippen LogP contribution in [-0.2, 0) is 11.4 Å². The van der Waals surface area contributed by atoms with E-state index in [1.165, 1.54) is 11.3 Å². The third-order valence-corrected chi connectivity index (χ3v) is 3.67. The molecule has 0 aliphatic carbocycles. The van der Waals surface area contributed by atoms with E-state index in [2.05, 4.69) is 4.90 Å². The van der Waals surface area contributed by atoms with E-state index in [9.17, 15) is 4.79 Å². The summed E-state index contributed by atoms with van der Waals surface area (Å²) < 4.78 is 0. The number of aliphatic hydroxyl groups is 1. The van der Waals surface area contributed by atoms with Gasteiger partial charge >= 0.3 is 0 Å². The lowest BCUT2D eigenvalue weighted by Gasteiger charge is -2.16. The van der Waals surface area contributed by atoms with Crippen LogP contribution in [0.5, 0.6) is 0 Å². The van der Waals surface area contributed by atoms with Crippen molar-refractivity contribution < 1.29 is 9.90 Å². The Labute approximate surface area is 119 Å². The van der Waals surface area contributed by atoms with E-state index in [1.807, 2.05) is 32.6 Å². The molecule has 0 spiro atoms. The average molecular weight is 282 g/mol. The lowest BCUT2D eigenvalue weighted by Crippen LogP contribution is -2.28. The molecule has 0 aromatic carbocycles. The number of rotatable bonds is 7. The van der Waals surface area contributed by atoms with E-state index in [-0.39, 0.29) is 12.5 Å². The molecule has 0 radical (unpaired) electrons. The van der Waals surface area contributed by atoms with Gasteiger partial charge in [-0.15, -0.1) is 11.3 Å². The molecule has 1 N–H and O–H groups in total. The number of carbonyl (C=O) groups excluding carboxylic acids is 1. The molecular weight excluding hydrogens is 260 g/mol. The minimum atomic E-state index is 0.0118. The predicted octanol–water partition coefficient (Wildman–Crippen LogP) is 1.66. The molecule has 0 aliphatic rings. The monoisotopic (exact) mass is 282 g/mol. The highest BCUT2D eigenvalue weighted by Crippen LogP contribution is 2.16. The quantitative estimate of drug-likeness (QED) is 0.774. The average Bonchev–Trinajstić information content (AvgIpc) is 2.83. The summed E-state index contributed by atoms with van der Waals surface area (Å²) in [6.45, 7) is 1.78. The maximum atomic E-state index is 11.8. The van der Waals surface area contributed by atoms with Gasteiger partial charge in [-0.3, -0.25) is 4.79 Å². The van der Waals surface area contributed by atoms with Gasteiger partial charge in [0, 0.05) is 24.5 Å². The Hall–Kier alpha value is -1.17. The maximum absolute atomic E-state index is 11.8. The Morgan fingerprint density at radius 1 is 1.37 bits per heavy atom. The van der Waals surface area contributed by atoms with Gasteiger partial charge in [0.25, 0.3) is 0 Å². The third-order valence-electron chi connectivity index (χ3n) is 2.72. The van der Waals surface area contributed by atoms with Crippen molar-refractivity contribution >= 4 is 23.3 Å². The van der Waals surface area contributed by atoms with Crippen molar-refractivity contribution in [3.63, 3.8) is 0 Å². The molecule has 1 heterocycles. The molecule has 0 fully saturated rings. The van der Waals surface area contributed by atoms with Crippen molar-refractivity contribution in [3.05, 3.63) is 28.0 Å². The molecule has 0 aliphatic heterocycles. The summed E-state index contributed by atoms with van der Waals surface area (Å²) in [5.74, 6) is 0.0118. The Kier molecular flexibility index (Phi) is 6.77. The molecule has 4 nitrogen and oxygen atoms in total. The first-order valence-corrected chi connectivity index (χ1v) is 7.17. The first-order chi connectivity index (χ1) is 9.02. The van der Waals surface area contributed by atoms with Gasteiger partial charge in [0.1, 0.15) is 0 Å². The molecule has 5 heteroatoms. The van der Waals surface area contributed by atoms with Crippen LogP contribution < -0.4 is 0 Å². The van der Waals surface area contributed by atoms with Crippen LogP contribution in [0.2, 0.25) is 0 Å². The van der Waals surface area contributed by atoms with Gasteiger partial charge in [-0.05, 0) is 50.1 Å². The van der Waals surface area contributed by atoms with Gasteiger partial charge in [-0.25, -0.2) is 0 Å². The summed E-state index contributed by atoms with van der Waals surface area (Å²) in [7, 11) is 5.87. The predicted molar refractivity (Wildman–Crippen MR) is 80.1 cm³/mol. The third kappa shape index (κ3) is 6.00. The summed E-state index contributed by atoms with van der Waals surface area (Å²) in [6.07, 6.45) is 4.36. The Balaban J connectivity index is 2.40. The van der Waals surface area contributed by atoms with Crippen LogP contribution in [0.15, 0.2) is 17.5 Å². The fourth-order valence-corrected chi connectivity index (χ4v) is 2.38. The highest BCUT2D eigenvalue weighted by Gasteiger charge is 2.04. The molecule has 0 saturated carbocycles. The zero-order valence-electron chi connectivity index (χ0n) is 11.8. The second-order valence-electron chi connectivity index (χ2n) is 4.77. The smallest absolute Gasteiger partial charge is 0.246 e. The Bertz CT molecular complexity index is 427. The number of hydrogen-bond acceptors (Lipinski definition) is 4. The maximum Gasteiger partial charge on any atom is 0.246 e. The van der Waals surface area contributed by atoms with Crippen LogP contribution in [0.1, 0.15) is 16.9 Å². The van der Waals surface area contributed by atoms with Gasteiger partial charge in [-0.1, -0.05) is 0 Å². The molecule has 1 aromatic rings. The van der Waals surface area contributed by atoms with Crippen LogP contribution in [0, 0.1) is 0 Å². The van der Waals surface area contributed by atoms with Crippen LogP contribution in [0.4, 0.5) is 0 Å². The molecule has 1 rings (SSSR count). The molecule has 1 amide bonds. The van der Waals surface area contributed by atoms with Gasteiger partial charge in [0.2, 0.25) is 5.91 Å². The van der Waals surface area contributed by atoms with E-state index in [0.29, 0.717) is 0 Å². The van der Waals surface area contributed by atoms with Crippen LogP contribution in [-0.4, -0.2) is 55.0 Å². The molecule has 0 unspecified atom stereocenters. The minimum Gasteiger partial charge on any atom is -0.392 e. The van der Waals surface area contributed by atoms with Crippen molar-refractivity contribution in [2.75, 3.05) is 34.2 Å². The minimum absolute atomic E-state index is 0.0118. The number of amides is 1. The van der Waals surface area contributed by atoms with Gasteiger partial charge in [0.05, 0.1) is 6.61 Å². The molecule has 0 atom stereocenters. The Morgan fingerprint density at radius 2 is 2.11 bits per heavy atom. The number of carbonyl (C=O) groups is 1. The van der Waals surface area contributed by atoms with E-state index >= 15 is 0 Å². The largest absolute Gasteiger partial charge is 0.392 e. The van der Waals surface area contributed by atoms with Gasteiger partial charge < -0.3 is 14.9 Å². The summed E-state index contributed by atoms with van der Waals surface area (Å²) >= 11 is 1.53. The zero-order valence-corrected chi connectivity index (χ0v) is 12.6. The second-order valence-corrected chi connectivity index (χ2v) is 5.71. The zero-order chi connectivity index (χ0) is 14.3. The highest BCUT2D eigenvalue weighted by molar-refractivity contribution is 7.11. The van der Waals surface area contributed by atoms with E-state index in [0.717, 1.165) is 30.0 Å². The van der Waals surface area contributed by atoms with Crippen molar-refractivity contribution in [2.24, 2.45) is 0 Å². The van der Waals surface area contributed by atoms with E-state index in [1.54, 1.807) is 17.1 Å². The topological polar surface area (TPSA) is 43.8 Å². The van der Waals surface area contributed by atoms with Crippen molar-refractivity contribution in [1.29, 1.82) is 0 Å². The van der Waals surface area contributed by atoms with Crippen LogP contribution in [0.25, 0.3) is 6.08 Å². The lowest BCUT2D eigenvalue weighted by molar-refractivity contribution is -0.124. The standard InChI is InChI=1S/C14H22N2O2S/c1-15(2)7-4-8-16(3)14(18)6-5-13-9-12(10-17)11-19-13/h5-6,9,11,17H,4,7-8,10H2,1-3H3. The van der Waals surface area contributed by atoms with Gasteiger partial charge in [-0.2, -0.15) is 0 Å². The van der Waals surface area contributed by atoms with Crippen molar-refractivity contribution in [2.45, 2.75) is 13.0 Å². The molecule has 0 saturated heterocycles. The van der Waals surface area contributed by atoms with Crippen LogP contribution >= 0.6 is 11.3 Å². The molecule has 0 bridgehead atoms. The molecule has 106 valence electrons. The normalized spacial score (nSPS) is 11.4. The summed E-state index contributed by atoms with van der Waals surface area (Å²) in [5.41, 5.74) is 0.886. The summed E-state index contributed by atoms with van der Waals surface area (Å²) in [5, 5.41) is 10.9. The van der Waals surface area contributed by atoms with E-state index in [4.69, 9.17) is 5.11 Å². The number of nitrogens with zero attached hydrogens (tertiary/aromatic N) is 2. The van der Waals surface area contributed by atoms with E-state index < -0.39 is 0 Å². The van der Waals surface area contributed by atoms with Crippen molar-refractivity contribution in [1.82, 2.24) is 9.80 Å². The number of hydrogen-bond donors (Lipinski definition) is 1. The van der Waals surface area contributed by atoms with Crippen LogP contribution in [0.3, 0.4) is 0 Å². The number of thiophene rings is 1.